The molecule has 3 aliphatic rings. The number of rotatable bonds is 11. The van der Waals surface area contributed by atoms with E-state index in [1.54, 1.807) is 28.2 Å². The number of quaternary nitrogens is 4. The molecule has 0 spiro atoms. The van der Waals surface area contributed by atoms with Crippen molar-refractivity contribution < 1.29 is 57.9 Å². The van der Waals surface area contributed by atoms with Gasteiger partial charge in [-0.05, 0) is 0 Å². The molecule has 3 atom stereocenters. The van der Waals surface area contributed by atoms with Gasteiger partial charge in [0.25, 0.3) is 0 Å². The quantitative estimate of drug-likeness (QED) is 0.253. The van der Waals surface area contributed by atoms with Crippen molar-refractivity contribution in [3.8, 4) is 0 Å². The lowest BCUT2D eigenvalue weighted by molar-refractivity contribution is -1.66. The van der Waals surface area contributed by atoms with Gasteiger partial charge >= 0.3 is 0 Å². The van der Waals surface area contributed by atoms with Gasteiger partial charge in [0.1, 0.15) is 54.5 Å². The van der Waals surface area contributed by atoms with Crippen molar-refractivity contribution in [3.63, 3.8) is 0 Å². The molecule has 3 fully saturated rings. The van der Waals surface area contributed by atoms with Crippen LogP contribution in [-0.4, -0.2) is 126 Å². The molecule has 3 rings (SSSR count). The van der Waals surface area contributed by atoms with E-state index in [-0.39, 0.29) is 31.4 Å². The van der Waals surface area contributed by atoms with Crippen molar-refractivity contribution in [1.29, 1.82) is 0 Å². The molecule has 0 aromatic rings. The average Bonchev–Trinajstić information content (AvgIpc) is 3.33. The summed E-state index contributed by atoms with van der Waals surface area (Å²) >= 11 is 0. The third kappa shape index (κ3) is 7.89. The molecule has 0 bridgehead atoms. The van der Waals surface area contributed by atoms with E-state index in [0.29, 0.717) is 46.1 Å². The number of ether oxygens (including phenoxy) is 4. The standard InChI is InChI=1S/C18H40N4O8/c1-19(2)27-20(3,4)29-22(6,10-8-12-25-17-14-24-15-17)30-21(5,28-19)9-7-11-23-13-18-16-26-18/h17-18H,7-16H2,1-6H3/q+4. The number of hydrogen-bond donors (Lipinski definition) is 0. The molecule has 0 N–H and O–H groups in total. The second-order valence-electron chi connectivity index (χ2n) is 9.07. The highest BCUT2D eigenvalue weighted by Gasteiger charge is 2.57. The molecule has 3 heterocycles. The fraction of sp³-hybridized carbons (Fsp3) is 1.00. The molecule has 0 aromatic heterocycles. The van der Waals surface area contributed by atoms with Crippen LogP contribution in [0.4, 0.5) is 0 Å². The Morgan fingerprint density at radius 3 is 1.80 bits per heavy atom. The summed E-state index contributed by atoms with van der Waals surface area (Å²) < 4.78 is 21.7. The Labute approximate surface area is 178 Å². The van der Waals surface area contributed by atoms with Gasteiger partial charge in [0.2, 0.25) is 0 Å². The van der Waals surface area contributed by atoms with Crippen LogP contribution in [-0.2, 0) is 38.7 Å². The Morgan fingerprint density at radius 1 is 0.733 bits per heavy atom. The van der Waals surface area contributed by atoms with Crippen LogP contribution in [0.2, 0.25) is 0 Å². The van der Waals surface area contributed by atoms with Crippen LogP contribution < -0.4 is 0 Å². The Bertz CT molecular complexity index is 560. The van der Waals surface area contributed by atoms with E-state index in [0.717, 1.165) is 19.4 Å². The van der Waals surface area contributed by atoms with Crippen molar-refractivity contribution in [3.05, 3.63) is 0 Å². The maximum absolute atomic E-state index is 6.38. The molecule has 0 saturated carbocycles. The van der Waals surface area contributed by atoms with Gasteiger partial charge in [-0.2, -0.15) is 0 Å². The first kappa shape index (κ1) is 24.2. The SMILES string of the molecule is C[N+]1(C)O[N+](C)(C)O[N+](C)(CCCOC2COC2)O[N+](C)(CCCOCC2CO2)O1. The maximum Gasteiger partial charge on any atom is 0.156 e. The van der Waals surface area contributed by atoms with Crippen LogP contribution in [0.15, 0.2) is 0 Å². The lowest BCUT2D eigenvalue weighted by atomic mass is 10.3. The van der Waals surface area contributed by atoms with Crippen LogP contribution in [0, 0.1) is 0 Å². The predicted octanol–water partition coefficient (Wildman–Crippen LogP) is 0.0434. The molecule has 0 amide bonds. The van der Waals surface area contributed by atoms with Crippen LogP contribution in [0.1, 0.15) is 12.8 Å². The van der Waals surface area contributed by atoms with Gasteiger partial charge < -0.3 is 18.9 Å². The number of nitrogens with zero attached hydrogens (tertiary/aromatic N) is 4. The summed E-state index contributed by atoms with van der Waals surface area (Å²) in [5.74, 6) is 0. The highest BCUT2D eigenvalue weighted by atomic mass is 17.4. The average molecular weight is 441 g/mol. The minimum absolute atomic E-state index is 0.162. The van der Waals surface area contributed by atoms with E-state index in [9.17, 15) is 0 Å². The van der Waals surface area contributed by atoms with Gasteiger partial charge in [-0.25, -0.2) is 0 Å². The van der Waals surface area contributed by atoms with E-state index >= 15 is 0 Å². The third-order valence-corrected chi connectivity index (χ3v) is 4.71. The van der Waals surface area contributed by atoms with Crippen molar-refractivity contribution in [1.82, 2.24) is 0 Å². The third-order valence-electron chi connectivity index (χ3n) is 4.71. The molecule has 176 valence electrons. The van der Waals surface area contributed by atoms with Crippen LogP contribution >= 0.6 is 0 Å². The van der Waals surface area contributed by atoms with Gasteiger partial charge in [-0.15, -0.1) is 0 Å². The first-order valence-corrected chi connectivity index (χ1v) is 10.6. The highest BCUT2D eigenvalue weighted by molar-refractivity contribution is 4.67. The second-order valence-corrected chi connectivity index (χ2v) is 9.07. The van der Waals surface area contributed by atoms with Crippen molar-refractivity contribution >= 4 is 0 Å². The van der Waals surface area contributed by atoms with Crippen molar-refractivity contribution in [2.75, 3.05) is 95.0 Å². The van der Waals surface area contributed by atoms with Gasteiger partial charge in [0, 0.05) is 12.8 Å². The molecule has 0 radical (unpaired) electrons. The summed E-state index contributed by atoms with van der Waals surface area (Å²) in [5, 5.41) is 0. The van der Waals surface area contributed by atoms with Crippen LogP contribution in [0.5, 0.6) is 0 Å². The van der Waals surface area contributed by atoms with E-state index in [4.69, 9.17) is 38.7 Å². The first-order chi connectivity index (χ1) is 14.0. The normalized spacial score (nSPS) is 36.0. The van der Waals surface area contributed by atoms with E-state index < -0.39 is 0 Å². The smallest absolute Gasteiger partial charge is 0.156 e. The molecule has 0 aromatic carbocycles. The molecule has 3 aliphatic heterocycles. The summed E-state index contributed by atoms with van der Waals surface area (Å²) in [7, 11) is 10.8. The maximum atomic E-state index is 6.38. The zero-order valence-electron chi connectivity index (χ0n) is 19.3. The summed E-state index contributed by atoms with van der Waals surface area (Å²) in [6.45, 7) is 5.07. The number of hydroxylamine groups is 16. The minimum Gasteiger partial charge on any atom is -0.378 e. The molecule has 12 nitrogen and oxygen atoms in total. The van der Waals surface area contributed by atoms with Crippen LogP contribution in [0.25, 0.3) is 0 Å². The largest absolute Gasteiger partial charge is 0.378 e. The summed E-state index contributed by atoms with van der Waals surface area (Å²) in [5.41, 5.74) is 0. The molecule has 0 aliphatic carbocycles. The monoisotopic (exact) mass is 440 g/mol. The van der Waals surface area contributed by atoms with Gasteiger partial charge in [-0.1, -0.05) is 0 Å². The minimum atomic E-state index is -0.203. The molecular weight excluding hydrogens is 400 g/mol. The zero-order chi connectivity index (χ0) is 21.9. The molecule has 3 saturated heterocycles. The van der Waals surface area contributed by atoms with Gasteiger partial charge in [0.15, 0.2) is 13.1 Å². The van der Waals surface area contributed by atoms with Gasteiger partial charge in [-0.3, -0.25) is 0 Å². The Kier molecular flexibility index (Phi) is 7.71. The molecule has 30 heavy (non-hydrogen) atoms. The fourth-order valence-electron chi connectivity index (χ4n) is 3.64. The summed E-state index contributed by atoms with van der Waals surface area (Å²) in [4.78, 5) is 24.1. The van der Waals surface area contributed by atoms with E-state index in [1.807, 2.05) is 14.1 Å². The van der Waals surface area contributed by atoms with E-state index in [1.165, 1.54) is 0 Å². The van der Waals surface area contributed by atoms with Crippen molar-refractivity contribution in [2.24, 2.45) is 0 Å². The van der Waals surface area contributed by atoms with Crippen LogP contribution in [0.3, 0.4) is 0 Å². The topological polar surface area (TPSA) is 77.1 Å². The Balaban J connectivity index is 1.57. The second kappa shape index (κ2) is 9.57. The fourth-order valence-corrected chi connectivity index (χ4v) is 3.64. The zero-order valence-corrected chi connectivity index (χ0v) is 19.3. The number of hydrogen-bond acceptors (Lipinski definition) is 8. The lowest BCUT2D eigenvalue weighted by Gasteiger charge is -2.39. The summed E-state index contributed by atoms with van der Waals surface area (Å²) in [6.07, 6.45) is 1.95. The summed E-state index contributed by atoms with van der Waals surface area (Å²) in [6, 6.07) is 0. The Morgan fingerprint density at radius 2 is 1.30 bits per heavy atom. The molecule has 12 heteroatoms. The van der Waals surface area contributed by atoms with Crippen molar-refractivity contribution in [2.45, 2.75) is 25.0 Å². The molecule has 3 unspecified atom stereocenters. The lowest BCUT2D eigenvalue weighted by Crippen LogP contribution is -2.70. The van der Waals surface area contributed by atoms with E-state index in [2.05, 4.69) is 0 Å². The number of epoxide rings is 1. The Hall–Kier alpha value is -0.480. The predicted molar refractivity (Wildman–Crippen MR) is 101 cm³/mol. The highest BCUT2D eigenvalue weighted by Crippen LogP contribution is 2.28. The van der Waals surface area contributed by atoms with Gasteiger partial charge in [0.05, 0.1) is 78.6 Å². The first-order valence-electron chi connectivity index (χ1n) is 10.6. The molecular formula is C18H40N4O8+4.